The molecule has 154 valence electrons. The van der Waals surface area contributed by atoms with E-state index >= 15 is 0 Å². The number of anilines is 1. The van der Waals surface area contributed by atoms with Gasteiger partial charge in [-0.15, -0.1) is 6.58 Å². The Bertz CT molecular complexity index is 1120. The summed E-state index contributed by atoms with van der Waals surface area (Å²) in [6.07, 6.45) is 8.52. The highest BCUT2D eigenvalue weighted by atomic mass is 35.5. The van der Waals surface area contributed by atoms with Crippen molar-refractivity contribution in [2.24, 2.45) is 0 Å². The first-order valence-corrected chi connectivity index (χ1v) is 10.7. The molecule has 2 aromatic heterocycles. The molecular weight excluding hydrogens is 398 g/mol. The van der Waals surface area contributed by atoms with Crippen molar-refractivity contribution in [1.82, 2.24) is 19.9 Å². The van der Waals surface area contributed by atoms with Crippen LogP contribution in [0.1, 0.15) is 24.0 Å². The third-order valence-electron chi connectivity index (χ3n) is 6.21. The second-order valence-electron chi connectivity index (χ2n) is 8.24. The summed E-state index contributed by atoms with van der Waals surface area (Å²) >= 11 is 6.38. The zero-order chi connectivity index (χ0) is 20.7. The Morgan fingerprint density at radius 1 is 1.27 bits per heavy atom. The van der Waals surface area contributed by atoms with Crippen LogP contribution >= 0.6 is 11.6 Å². The van der Waals surface area contributed by atoms with Gasteiger partial charge in [0.2, 0.25) is 5.91 Å². The second-order valence-corrected chi connectivity index (χ2v) is 8.65. The minimum Gasteiger partial charge on any atom is -0.352 e. The number of fused-ring (bicyclic) bond motifs is 1. The number of carbonyl (C=O) groups excluding carboxylic acids is 1. The first-order chi connectivity index (χ1) is 14.6. The van der Waals surface area contributed by atoms with Crippen molar-refractivity contribution in [3.05, 3.63) is 65.6 Å². The van der Waals surface area contributed by atoms with E-state index in [-0.39, 0.29) is 11.4 Å². The third-order valence-corrected chi connectivity index (χ3v) is 6.51. The lowest BCUT2D eigenvalue weighted by Crippen LogP contribution is -2.57. The summed E-state index contributed by atoms with van der Waals surface area (Å²) in [5, 5.41) is 1.48. The van der Waals surface area contributed by atoms with E-state index in [2.05, 4.69) is 43.5 Å². The largest absolute Gasteiger partial charge is 0.352 e. The van der Waals surface area contributed by atoms with Crippen molar-refractivity contribution in [2.45, 2.75) is 31.2 Å². The van der Waals surface area contributed by atoms with Crippen LogP contribution in [0.3, 0.4) is 0 Å². The number of hydrogen-bond donors (Lipinski definition) is 1. The number of nitrogens with zero attached hydrogens (tertiary/aromatic N) is 4. The molecule has 2 aliphatic rings. The van der Waals surface area contributed by atoms with E-state index in [1.807, 2.05) is 18.2 Å². The number of aromatic amines is 1. The highest BCUT2D eigenvalue weighted by Crippen LogP contribution is 2.46. The van der Waals surface area contributed by atoms with Crippen molar-refractivity contribution in [3.8, 4) is 0 Å². The summed E-state index contributed by atoms with van der Waals surface area (Å²) in [6, 6.07) is 8.24. The van der Waals surface area contributed by atoms with E-state index in [0.29, 0.717) is 18.0 Å². The number of H-pyrrole nitrogens is 1. The van der Waals surface area contributed by atoms with Crippen LogP contribution in [0.2, 0.25) is 5.02 Å². The number of aromatic nitrogens is 3. The number of hydrogen-bond acceptors (Lipinski definition) is 4. The Labute approximate surface area is 180 Å². The summed E-state index contributed by atoms with van der Waals surface area (Å²) in [5.41, 5.74) is 2.91. The number of carbonyl (C=O) groups is 1. The van der Waals surface area contributed by atoms with Crippen molar-refractivity contribution in [2.75, 3.05) is 24.5 Å². The Morgan fingerprint density at radius 2 is 2.10 bits per heavy atom. The number of nitrogens with one attached hydrogen (secondary N) is 1. The van der Waals surface area contributed by atoms with Gasteiger partial charge in [0.05, 0.1) is 22.4 Å². The molecule has 3 aromatic rings. The van der Waals surface area contributed by atoms with Gasteiger partial charge < -0.3 is 14.8 Å². The molecule has 3 heterocycles. The van der Waals surface area contributed by atoms with Crippen LogP contribution in [0.15, 0.2) is 49.4 Å². The zero-order valence-corrected chi connectivity index (χ0v) is 17.5. The van der Waals surface area contributed by atoms with Gasteiger partial charge in [0.1, 0.15) is 17.8 Å². The highest BCUT2D eigenvalue weighted by molar-refractivity contribution is 6.36. The molecule has 1 saturated carbocycles. The average Bonchev–Trinajstić information content (AvgIpc) is 3.40. The molecule has 1 aliphatic heterocycles. The van der Waals surface area contributed by atoms with Gasteiger partial charge in [-0.25, -0.2) is 9.97 Å². The van der Waals surface area contributed by atoms with Gasteiger partial charge >= 0.3 is 0 Å². The lowest BCUT2D eigenvalue weighted by molar-refractivity contribution is -0.134. The molecule has 1 aromatic carbocycles. The maximum Gasteiger partial charge on any atom is 0.227 e. The van der Waals surface area contributed by atoms with Crippen molar-refractivity contribution < 1.29 is 4.79 Å². The predicted octanol–water partition coefficient (Wildman–Crippen LogP) is 3.76. The number of amides is 1. The van der Waals surface area contributed by atoms with Crippen LogP contribution in [0, 0.1) is 0 Å². The van der Waals surface area contributed by atoms with E-state index in [9.17, 15) is 4.79 Å². The molecule has 0 atom stereocenters. The van der Waals surface area contributed by atoms with Gasteiger partial charge in [-0.3, -0.25) is 4.79 Å². The Morgan fingerprint density at radius 3 is 2.90 bits per heavy atom. The summed E-state index contributed by atoms with van der Waals surface area (Å²) in [7, 11) is 0. The molecule has 1 amide bonds. The Balaban J connectivity index is 1.34. The minimum atomic E-state index is -0.0892. The number of halogens is 1. The van der Waals surface area contributed by atoms with Gasteiger partial charge in [-0.05, 0) is 30.4 Å². The van der Waals surface area contributed by atoms with E-state index in [0.717, 1.165) is 54.8 Å². The first-order valence-electron chi connectivity index (χ1n) is 10.3. The van der Waals surface area contributed by atoms with Gasteiger partial charge in [-0.1, -0.05) is 41.9 Å². The van der Waals surface area contributed by atoms with Crippen LogP contribution < -0.4 is 4.90 Å². The minimum absolute atomic E-state index is 0.0892. The fraction of sp³-hybridized carbons (Fsp3) is 0.348. The van der Waals surface area contributed by atoms with Crippen molar-refractivity contribution in [3.63, 3.8) is 0 Å². The number of benzene rings is 1. The molecule has 0 unspecified atom stereocenters. The smallest absolute Gasteiger partial charge is 0.227 e. The molecule has 1 saturated heterocycles. The molecule has 0 radical (unpaired) electrons. The Kier molecular flexibility index (Phi) is 4.74. The van der Waals surface area contributed by atoms with Crippen LogP contribution in [0.25, 0.3) is 11.0 Å². The molecule has 0 bridgehead atoms. The second kappa shape index (κ2) is 7.43. The maximum absolute atomic E-state index is 13.2. The molecule has 2 fully saturated rings. The zero-order valence-electron chi connectivity index (χ0n) is 16.8. The van der Waals surface area contributed by atoms with Crippen molar-refractivity contribution in [1.29, 1.82) is 0 Å². The summed E-state index contributed by atoms with van der Waals surface area (Å²) in [5.74, 6) is 1.05. The molecule has 7 heteroatoms. The number of allylic oxidation sites excluding steroid dienone is 1. The van der Waals surface area contributed by atoms with E-state index < -0.39 is 0 Å². The molecule has 1 aliphatic carbocycles. The average molecular weight is 422 g/mol. The predicted molar refractivity (Wildman–Crippen MR) is 119 cm³/mol. The highest BCUT2D eigenvalue weighted by Gasteiger charge is 2.53. The lowest BCUT2D eigenvalue weighted by Gasteiger charge is -2.43. The molecule has 1 spiro atoms. The third kappa shape index (κ3) is 3.35. The van der Waals surface area contributed by atoms with E-state index in [1.54, 1.807) is 12.5 Å². The maximum atomic E-state index is 13.2. The quantitative estimate of drug-likeness (QED) is 0.637. The van der Waals surface area contributed by atoms with Gasteiger partial charge in [0.15, 0.2) is 0 Å². The monoisotopic (exact) mass is 421 g/mol. The first kappa shape index (κ1) is 19.1. The SMILES string of the molecule is C=CCc1cccc(CC(=O)N2CCN(c3ncnc4[nH]cc(Cl)c34)CC23CC3)c1. The number of piperazine rings is 1. The fourth-order valence-electron chi connectivity index (χ4n) is 4.57. The lowest BCUT2D eigenvalue weighted by atomic mass is 10.0. The van der Waals surface area contributed by atoms with Crippen LogP contribution in [0.5, 0.6) is 0 Å². The molecule has 6 nitrogen and oxygen atoms in total. The summed E-state index contributed by atoms with van der Waals surface area (Å²) < 4.78 is 0. The molecular formula is C23H24ClN5O. The van der Waals surface area contributed by atoms with Gasteiger partial charge in [0.25, 0.3) is 0 Å². The van der Waals surface area contributed by atoms with E-state index in [1.165, 1.54) is 5.56 Å². The van der Waals surface area contributed by atoms with Gasteiger partial charge in [0, 0.05) is 25.8 Å². The van der Waals surface area contributed by atoms with Crippen LogP contribution in [-0.2, 0) is 17.6 Å². The number of rotatable bonds is 5. The van der Waals surface area contributed by atoms with Gasteiger partial charge in [-0.2, -0.15) is 0 Å². The molecule has 1 N–H and O–H groups in total. The van der Waals surface area contributed by atoms with Crippen molar-refractivity contribution >= 4 is 34.4 Å². The van der Waals surface area contributed by atoms with E-state index in [4.69, 9.17) is 11.6 Å². The van der Waals surface area contributed by atoms with Crippen LogP contribution in [0.4, 0.5) is 5.82 Å². The topological polar surface area (TPSA) is 65.1 Å². The standard InChI is InChI=1S/C23H24ClN5O/c1-2-4-16-5-3-6-17(11-16)12-19(30)29-10-9-28(14-23(29)7-8-23)22-20-18(24)13-25-21(20)26-15-27-22/h2-3,5-6,11,13,15H,1,4,7-10,12,14H2,(H,25,26,27). The molecule has 5 rings (SSSR count). The summed E-state index contributed by atoms with van der Waals surface area (Å²) in [6.45, 7) is 6.01. The summed E-state index contributed by atoms with van der Waals surface area (Å²) in [4.78, 5) is 29.4. The normalized spacial score (nSPS) is 17.5. The molecule has 30 heavy (non-hydrogen) atoms. The fourth-order valence-corrected chi connectivity index (χ4v) is 4.80. The Hall–Kier alpha value is -2.86. The van der Waals surface area contributed by atoms with Crippen LogP contribution in [-0.4, -0.2) is 50.9 Å².